The van der Waals surface area contributed by atoms with Crippen LogP contribution in [0, 0.1) is 12.7 Å². The third-order valence-electron chi connectivity index (χ3n) is 2.41. The van der Waals surface area contributed by atoms with E-state index in [1.54, 1.807) is 18.2 Å². The van der Waals surface area contributed by atoms with Crippen LogP contribution in [0.5, 0.6) is 11.5 Å². The fourth-order valence-electron chi connectivity index (χ4n) is 1.44. The number of nitrogen functional groups attached to an aromatic ring is 1. The number of rotatable bonds is 2. The van der Waals surface area contributed by atoms with Crippen molar-refractivity contribution >= 4 is 28.9 Å². The summed E-state index contributed by atoms with van der Waals surface area (Å²) in [6, 6.07) is 7.60. The van der Waals surface area contributed by atoms with Gasteiger partial charge in [-0.1, -0.05) is 23.2 Å². The molecule has 0 bridgehead atoms. The molecule has 0 fully saturated rings. The summed E-state index contributed by atoms with van der Waals surface area (Å²) in [5, 5.41) is 0.602. The lowest BCUT2D eigenvalue weighted by Crippen LogP contribution is -1.94. The van der Waals surface area contributed by atoms with Gasteiger partial charge in [0, 0.05) is 11.1 Å². The topological polar surface area (TPSA) is 35.2 Å². The first-order valence-corrected chi connectivity index (χ1v) is 5.91. The minimum absolute atomic E-state index is 0.0351. The van der Waals surface area contributed by atoms with Crippen LogP contribution in [0.1, 0.15) is 5.56 Å². The van der Waals surface area contributed by atoms with Crippen LogP contribution in [-0.4, -0.2) is 0 Å². The third-order valence-corrected chi connectivity index (χ3v) is 3.12. The fourth-order valence-corrected chi connectivity index (χ4v) is 1.73. The van der Waals surface area contributed by atoms with Crippen molar-refractivity contribution in [3.63, 3.8) is 0 Å². The van der Waals surface area contributed by atoms with Gasteiger partial charge in [-0.25, -0.2) is 4.39 Å². The number of ether oxygens (including phenoxy) is 1. The predicted octanol–water partition coefficient (Wildman–Crippen LogP) is 4.82. The molecule has 0 aliphatic heterocycles. The van der Waals surface area contributed by atoms with Crippen LogP contribution in [0.15, 0.2) is 30.3 Å². The second-order valence-corrected chi connectivity index (χ2v) is 4.63. The van der Waals surface area contributed by atoms with Crippen LogP contribution < -0.4 is 10.5 Å². The largest absolute Gasteiger partial charge is 0.455 e. The SMILES string of the molecule is Cc1cc(Oc2cc(F)c(Cl)cc2N)ccc1Cl. The van der Waals surface area contributed by atoms with Crippen molar-refractivity contribution in [3.8, 4) is 11.5 Å². The molecule has 0 unspecified atom stereocenters. The highest BCUT2D eigenvalue weighted by Gasteiger charge is 2.09. The number of hydrogen-bond acceptors (Lipinski definition) is 2. The maximum atomic E-state index is 13.3. The molecule has 0 aliphatic rings. The van der Waals surface area contributed by atoms with Crippen molar-refractivity contribution in [1.29, 1.82) is 0 Å². The first kappa shape index (κ1) is 13.0. The van der Waals surface area contributed by atoms with E-state index in [-0.39, 0.29) is 16.5 Å². The standard InChI is InChI=1S/C13H10Cl2FNO/c1-7-4-8(2-3-9(7)14)18-13-6-11(16)10(15)5-12(13)17/h2-6H,17H2,1H3. The molecule has 0 radical (unpaired) electrons. The van der Waals surface area contributed by atoms with Crippen molar-refractivity contribution in [2.75, 3.05) is 5.73 Å². The number of halogens is 3. The molecule has 0 atom stereocenters. The lowest BCUT2D eigenvalue weighted by molar-refractivity contribution is 0.479. The van der Waals surface area contributed by atoms with Crippen molar-refractivity contribution < 1.29 is 9.13 Å². The van der Waals surface area contributed by atoms with Crippen molar-refractivity contribution in [1.82, 2.24) is 0 Å². The molecule has 2 rings (SSSR count). The quantitative estimate of drug-likeness (QED) is 0.803. The zero-order valence-electron chi connectivity index (χ0n) is 9.51. The summed E-state index contributed by atoms with van der Waals surface area (Å²) in [7, 11) is 0. The van der Waals surface area contributed by atoms with E-state index in [1.807, 2.05) is 6.92 Å². The molecule has 94 valence electrons. The van der Waals surface area contributed by atoms with Gasteiger partial charge in [0.1, 0.15) is 11.6 Å². The van der Waals surface area contributed by atoms with Gasteiger partial charge in [0.25, 0.3) is 0 Å². The molecule has 0 saturated heterocycles. The number of hydrogen-bond donors (Lipinski definition) is 1. The molecule has 2 N–H and O–H groups in total. The van der Waals surface area contributed by atoms with E-state index in [0.29, 0.717) is 10.8 Å². The molecule has 2 aromatic carbocycles. The highest BCUT2D eigenvalue weighted by molar-refractivity contribution is 6.31. The average molecular weight is 286 g/mol. The molecule has 18 heavy (non-hydrogen) atoms. The highest BCUT2D eigenvalue weighted by Crippen LogP contribution is 2.32. The molecular weight excluding hydrogens is 276 g/mol. The van der Waals surface area contributed by atoms with E-state index in [1.165, 1.54) is 6.07 Å². The number of nitrogens with two attached hydrogens (primary N) is 1. The van der Waals surface area contributed by atoms with Crippen molar-refractivity contribution in [2.24, 2.45) is 0 Å². The minimum Gasteiger partial charge on any atom is -0.455 e. The summed E-state index contributed by atoms with van der Waals surface area (Å²) in [5.41, 5.74) is 6.84. The molecule has 0 aliphatic carbocycles. The van der Waals surface area contributed by atoms with Crippen LogP contribution in [0.4, 0.5) is 10.1 Å². The molecule has 0 saturated carbocycles. The maximum Gasteiger partial charge on any atom is 0.153 e. The van der Waals surface area contributed by atoms with E-state index in [2.05, 4.69) is 0 Å². The number of aryl methyl sites for hydroxylation is 1. The zero-order valence-corrected chi connectivity index (χ0v) is 11.0. The molecule has 0 heterocycles. The summed E-state index contributed by atoms with van der Waals surface area (Å²) >= 11 is 11.5. The van der Waals surface area contributed by atoms with Crippen LogP contribution in [0.2, 0.25) is 10.0 Å². The van der Waals surface area contributed by atoms with Crippen LogP contribution in [0.25, 0.3) is 0 Å². The van der Waals surface area contributed by atoms with E-state index < -0.39 is 5.82 Å². The minimum atomic E-state index is -0.577. The zero-order chi connectivity index (χ0) is 13.3. The van der Waals surface area contributed by atoms with Gasteiger partial charge in [-0.05, 0) is 36.8 Å². The van der Waals surface area contributed by atoms with Gasteiger partial charge in [-0.3, -0.25) is 0 Å². The van der Waals surface area contributed by atoms with Gasteiger partial charge in [-0.15, -0.1) is 0 Å². The lowest BCUT2D eigenvalue weighted by atomic mass is 10.2. The van der Waals surface area contributed by atoms with Gasteiger partial charge < -0.3 is 10.5 Å². The molecule has 0 aromatic heterocycles. The van der Waals surface area contributed by atoms with E-state index in [0.717, 1.165) is 11.6 Å². The Morgan fingerprint density at radius 1 is 1.11 bits per heavy atom. The van der Waals surface area contributed by atoms with Gasteiger partial charge >= 0.3 is 0 Å². The molecular formula is C13H10Cl2FNO. The summed E-state index contributed by atoms with van der Waals surface area (Å²) in [5.74, 6) is 0.176. The smallest absolute Gasteiger partial charge is 0.153 e. The van der Waals surface area contributed by atoms with Crippen molar-refractivity contribution in [2.45, 2.75) is 6.92 Å². The van der Waals surface area contributed by atoms with Gasteiger partial charge in [0.05, 0.1) is 10.7 Å². The highest BCUT2D eigenvalue weighted by atomic mass is 35.5. The van der Waals surface area contributed by atoms with Crippen LogP contribution >= 0.6 is 23.2 Å². The van der Waals surface area contributed by atoms with Gasteiger partial charge in [0.2, 0.25) is 0 Å². The van der Waals surface area contributed by atoms with Gasteiger partial charge in [-0.2, -0.15) is 0 Å². The summed E-state index contributed by atoms with van der Waals surface area (Å²) in [6.45, 7) is 1.85. The van der Waals surface area contributed by atoms with Crippen molar-refractivity contribution in [3.05, 3.63) is 51.8 Å². The Bertz CT molecular complexity index is 602. The molecule has 0 spiro atoms. The summed E-state index contributed by atoms with van der Waals surface area (Å²) < 4.78 is 18.8. The fraction of sp³-hybridized carbons (Fsp3) is 0.0769. The van der Waals surface area contributed by atoms with Crippen LogP contribution in [-0.2, 0) is 0 Å². The Labute approximate surface area is 114 Å². The Kier molecular flexibility index (Phi) is 3.64. The van der Waals surface area contributed by atoms with E-state index >= 15 is 0 Å². The maximum absolute atomic E-state index is 13.3. The summed E-state index contributed by atoms with van der Waals surface area (Å²) in [6.07, 6.45) is 0. The Balaban J connectivity index is 2.34. The van der Waals surface area contributed by atoms with Crippen LogP contribution in [0.3, 0.4) is 0 Å². The third kappa shape index (κ3) is 2.68. The second kappa shape index (κ2) is 5.04. The van der Waals surface area contributed by atoms with E-state index in [4.69, 9.17) is 33.7 Å². The van der Waals surface area contributed by atoms with E-state index in [9.17, 15) is 4.39 Å². The average Bonchev–Trinajstić information content (AvgIpc) is 2.31. The molecule has 2 nitrogen and oxygen atoms in total. The van der Waals surface area contributed by atoms with Gasteiger partial charge in [0.15, 0.2) is 5.75 Å². The summed E-state index contributed by atoms with van der Waals surface area (Å²) in [4.78, 5) is 0. The number of benzene rings is 2. The first-order valence-electron chi connectivity index (χ1n) is 5.16. The Hall–Kier alpha value is -1.45. The Morgan fingerprint density at radius 3 is 2.50 bits per heavy atom. The predicted molar refractivity (Wildman–Crippen MR) is 72.1 cm³/mol. The molecule has 0 amide bonds. The Morgan fingerprint density at radius 2 is 1.83 bits per heavy atom. The molecule has 2 aromatic rings. The molecule has 5 heteroatoms. The number of anilines is 1. The lowest BCUT2D eigenvalue weighted by Gasteiger charge is -2.10. The first-order chi connectivity index (χ1) is 8.47. The normalized spacial score (nSPS) is 10.4. The monoisotopic (exact) mass is 285 g/mol. The second-order valence-electron chi connectivity index (χ2n) is 3.82.